The first-order valence-electron chi connectivity index (χ1n) is 10.6. The average Bonchev–Trinajstić information content (AvgIpc) is 2.78. The Labute approximate surface area is 194 Å². The van der Waals surface area contributed by atoms with Crippen molar-refractivity contribution in [1.29, 1.82) is 0 Å². The number of rotatable bonds is 9. The molecule has 172 valence electrons. The molecule has 3 aromatic carbocycles. The van der Waals surface area contributed by atoms with Crippen LogP contribution in [0.3, 0.4) is 0 Å². The van der Waals surface area contributed by atoms with Crippen molar-refractivity contribution in [3.8, 4) is 0 Å². The van der Waals surface area contributed by atoms with Gasteiger partial charge in [0.25, 0.3) is 0 Å². The number of anilines is 2. The van der Waals surface area contributed by atoms with Gasteiger partial charge in [0.05, 0.1) is 4.90 Å². The summed E-state index contributed by atoms with van der Waals surface area (Å²) in [5.74, 6) is -0.362. The molecule has 0 aromatic heterocycles. The van der Waals surface area contributed by atoms with E-state index in [0.29, 0.717) is 17.8 Å². The number of benzene rings is 3. The molecule has 0 fully saturated rings. The van der Waals surface area contributed by atoms with Gasteiger partial charge in [-0.2, -0.15) is 0 Å². The van der Waals surface area contributed by atoms with Crippen molar-refractivity contribution < 1.29 is 18.0 Å². The molecular formula is C25H27N3O4S. The lowest BCUT2D eigenvalue weighted by molar-refractivity contribution is -0.116. The molecule has 0 bridgehead atoms. The molecule has 0 aliphatic heterocycles. The SMILES string of the molecule is CC(=O)Nc1cccc(NC(=O)CCc2ccc(S(=O)(=O)N[C@@H](C)c3ccccc3)cc2)c1. The van der Waals surface area contributed by atoms with Crippen LogP contribution in [0.25, 0.3) is 0 Å². The maximum absolute atomic E-state index is 12.7. The molecule has 0 aliphatic carbocycles. The fourth-order valence-corrected chi connectivity index (χ4v) is 4.54. The molecule has 0 heterocycles. The van der Waals surface area contributed by atoms with E-state index in [-0.39, 0.29) is 29.2 Å². The van der Waals surface area contributed by atoms with Gasteiger partial charge in [0.15, 0.2) is 0 Å². The van der Waals surface area contributed by atoms with Crippen molar-refractivity contribution in [1.82, 2.24) is 4.72 Å². The molecule has 0 radical (unpaired) electrons. The summed E-state index contributed by atoms with van der Waals surface area (Å²) in [4.78, 5) is 23.6. The Hall–Kier alpha value is -3.49. The van der Waals surface area contributed by atoms with Crippen molar-refractivity contribution in [2.75, 3.05) is 10.6 Å². The zero-order valence-electron chi connectivity index (χ0n) is 18.5. The molecule has 3 aromatic rings. The van der Waals surface area contributed by atoms with Gasteiger partial charge in [-0.15, -0.1) is 0 Å². The summed E-state index contributed by atoms with van der Waals surface area (Å²) < 4.78 is 28.1. The van der Waals surface area contributed by atoms with E-state index in [0.717, 1.165) is 11.1 Å². The molecule has 1 atom stereocenters. The van der Waals surface area contributed by atoms with Gasteiger partial charge in [-0.1, -0.05) is 48.5 Å². The number of carbonyl (C=O) groups is 2. The van der Waals surface area contributed by atoms with Crippen LogP contribution in [0.2, 0.25) is 0 Å². The van der Waals surface area contributed by atoms with Crippen LogP contribution in [0.4, 0.5) is 11.4 Å². The maximum atomic E-state index is 12.7. The van der Waals surface area contributed by atoms with Crippen LogP contribution in [0.1, 0.15) is 37.4 Å². The second kappa shape index (κ2) is 10.9. The minimum absolute atomic E-state index is 0.174. The van der Waals surface area contributed by atoms with Crippen molar-refractivity contribution in [3.05, 3.63) is 90.0 Å². The summed E-state index contributed by atoms with van der Waals surface area (Å²) in [5.41, 5.74) is 2.93. The van der Waals surface area contributed by atoms with Gasteiger partial charge in [-0.3, -0.25) is 9.59 Å². The summed E-state index contributed by atoms with van der Waals surface area (Å²) in [7, 11) is -3.67. The average molecular weight is 466 g/mol. The Balaban J connectivity index is 1.55. The molecule has 3 rings (SSSR count). The first-order valence-corrected chi connectivity index (χ1v) is 12.0. The van der Waals surface area contributed by atoms with Crippen LogP contribution in [0.15, 0.2) is 83.8 Å². The smallest absolute Gasteiger partial charge is 0.241 e. The molecular weight excluding hydrogens is 438 g/mol. The highest BCUT2D eigenvalue weighted by Crippen LogP contribution is 2.18. The predicted molar refractivity (Wildman–Crippen MR) is 129 cm³/mol. The van der Waals surface area contributed by atoms with Crippen LogP contribution in [-0.4, -0.2) is 20.2 Å². The Morgan fingerprint density at radius 3 is 2.12 bits per heavy atom. The third-order valence-corrected chi connectivity index (χ3v) is 6.53. The molecule has 0 spiro atoms. The van der Waals surface area contributed by atoms with E-state index in [4.69, 9.17) is 0 Å². The zero-order valence-corrected chi connectivity index (χ0v) is 19.4. The van der Waals surface area contributed by atoms with Gasteiger partial charge in [0.1, 0.15) is 0 Å². The Bertz CT molecular complexity index is 1210. The lowest BCUT2D eigenvalue weighted by Gasteiger charge is -2.15. The molecule has 3 N–H and O–H groups in total. The number of carbonyl (C=O) groups excluding carboxylic acids is 2. The molecule has 8 heteroatoms. The van der Waals surface area contributed by atoms with Gasteiger partial charge >= 0.3 is 0 Å². The number of hydrogen-bond donors (Lipinski definition) is 3. The predicted octanol–water partition coefficient (Wildman–Crippen LogP) is 4.26. The van der Waals surface area contributed by atoms with E-state index in [2.05, 4.69) is 15.4 Å². The summed E-state index contributed by atoms with van der Waals surface area (Å²) in [5, 5.41) is 5.47. The topological polar surface area (TPSA) is 104 Å². The third kappa shape index (κ3) is 7.27. The number of aryl methyl sites for hydroxylation is 1. The van der Waals surface area contributed by atoms with Gasteiger partial charge < -0.3 is 10.6 Å². The van der Waals surface area contributed by atoms with Crippen molar-refractivity contribution >= 4 is 33.2 Å². The molecule has 2 amide bonds. The number of hydrogen-bond acceptors (Lipinski definition) is 4. The largest absolute Gasteiger partial charge is 0.326 e. The molecule has 7 nitrogen and oxygen atoms in total. The second-order valence-corrected chi connectivity index (χ2v) is 9.42. The Kier molecular flexibility index (Phi) is 7.97. The standard InChI is InChI=1S/C25H27N3O4S/c1-18(21-7-4-3-5-8-21)28-33(31,32)24-14-11-20(12-15-24)13-16-25(30)27-23-10-6-9-22(17-23)26-19(2)29/h3-12,14-15,17-18,28H,13,16H2,1-2H3,(H,26,29)(H,27,30)/t18-/m0/s1. The van der Waals surface area contributed by atoms with Gasteiger partial charge in [0, 0.05) is 30.8 Å². The first kappa shape index (κ1) is 24.2. The van der Waals surface area contributed by atoms with Crippen LogP contribution < -0.4 is 15.4 Å². The fraction of sp³-hybridized carbons (Fsp3) is 0.200. The van der Waals surface area contributed by atoms with E-state index >= 15 is 0 Å². The first-order chi connectivity index (χ1) is 15.7. The van der Waals surface area contributed by atoms with Crippen molar-refractivity contribution in [2.24, 2.45) is 0 Å². The minimum Gasteiger partial charge on any atom is -0.326 e. The molecule has 0 unspecified atom stereocenters. The third-order valence-electron chi connectivity index (χ3n) is 4.97. The van der Waals surface area contributed by atoms with Crippen LogP contribution in [0.5, 0.6) is 0 Å². The maximum Gasteiger partial charge on any atom is 0.241 e. The van der Waals surface area contributed by atoms with E-state index in [9.17, 15) is 18.0 Å². The second-order valence-electron chi connectivity index (χ2n) is 7.71. The molecule has 0 saturated heterocycles. The lowest BCUT2D eigenvalue weighted by atomic mass is 10.1. The number of sulfonamides is 1. The lowest BCUT2D eigenvalue weighted by Crippen LogP contribution is -2.26. The van der Waals surface area contributed by atoms with Gasteiger partial charge in [-0.25, -0.2) is 13.1 Å². The molecule has 0 aliphatic rings. The quantitative estimate of drug-likeness (QED) is 0.439. The summed E-state index contributed by atoms with van der Waals surface area (Å²) in [6.45, 7) is 3.22. The van der Waals surface area contributed by atoms with E-state index < -0.39 is 10.0 Å². The highest BCUT2D eigenvalue weighted by atomic mass is 32.2. The van der Waals surface area contributed by atoms with Crippen LogP contribution in [-0.2, 0) is 26.0 Å². The fourth-order valence-electron chi connectivity index (χ4n) is 3.31. The summed E-state index contributed by atoms with van der Waals surface area (Å²) >= 11 is 0. The van der Waals surface area contributed by atoms with E-state index in [1.807, 2.05) is 30.3 Å². The number of nitrogens with one attached hydrogen (secondary N) is 3. The monoisotopic (exact) mass is 465 g/mol. The van der Waals surface area contributed by atoms with E-state index in [1.54, 1.807) is 55.5 Å². The Morgan fingerprint density at radius 2 is 1.48 bits per heavy atom. The summed E-state index contributed by atoms with van der Waals surface area (Å²) in [6.07, 6.45) is 0.700. The van der Waals surface area contributed by atoms with Crippen molar-refractivity contribution in [2.45, 2.75) is 37.6 Å². The van der Waals surface area contributed by atoms with E-state index in [1.165, 1.54) is 6.92 Å². The Morgan fingerprint density at radius 1 is 0.848 bits per heavy atom. The highest BCUT2D eigenvalue weighted by Gasteiger charge is 2.18. The normalized spacial score (nSPS) is 12.1. The molecule has 33 heavy (non-hydrogen) atoms. The van der Waals surface area contributed by atoms with Gasteiger partial charge in [0.2, 0.25) is 21.8 Å². The minimum atomic E-state index is -3.67. The van der Waals surface area contributed by atoms with Crippen molar-refractivity contribution in [3.63, 3.8) is 0 Å². The number of amides is 2. The molecule has 0 saturated carbocycles. The summed E-state index contributed by atoms with van der Waals surface area (Å²) in [6, 6.07) is 22.4. The van der Waals surface area contributed by atoms with Gasteiger partial charge in [-0.05, 0) is 54.8 Å². The van der Waals surface area contributed by atoms with Crippen LogP contribution >= 0.6 is 0 Å². The highest BCUT2D eigenvalue weighted by molar-refractivity contribution is 7.89. The zero-order chi connectivity index (χ0) is 23.8. The van der Waals surface area contributed by atoms with Crippen LogP contribution in [0, 0.1) is 0 Å².